The summed E-state index contributed by atoms with van der Waals surface area (Å²) in [6.45, 7) is 2.62. The summed E-state index contributed by atoms with van der Waals surface area (Å²) >= 11 is 0. The van der Waals surface area contributed by atoms with Crippen LogP contribution in [0, 0.1) is 0 Å². The van der Waals surface area contributed by atoms with Crippen LogP contribution in [0.5, 0.6) is 0 Å². The van der Waals surface area contributed by atoms with Gasteiger partial charge in [0.25, 0.3) is 0 Å². The summed E-state index contributed by atoms with van der Waals surface area (Å²) in [7, 11) is 0. The van der Waals surface area contributed by atoms with Gasteiger partial charge >= 0.3 is 6.18 Å². The second-order valence-corrected chi connectivity index (χ2v) is 3.09. The maximum Gasteiger partial charge on any atom is 0.430 e. The lowest BCUT2D eigenvalue weighted by Crippen LogP contribution is -2.34. The molecule has 82 valence electrons. The van der Waals surface area contributed by atoms with Gasteiger partial charge < -0.3 is 10.8 Å². The highest BCUT2D eigenvalue weighted by molar-refractivity contribution is 5.96. The molecule has 0 spiro atoms. The van der Waals surface area contributed by atoms with Crippen LogP contribution in [0.3, 0.4) is 0 Å². The van der Waals surface area contributed by atoms with Gasteiger partial charge in [-0.05, 0) is 13.3 Å². The van der Waals surface area contributed by atoms with E-state index >= 15 is 0 Å². The van der Waals surface area contributed by atoms with Gasteiger partial charge in [0.1, 0.15) is 11.3 Å². The van der Waals surface area contributed by atoms with E-state index in [1.807, 2.05) is 0 Å². The number of aliphatic hydroxyl groups is 1. The van der Waals surface area contributed by atoms with Crippen LogP contribution in [0.2, 0.25) is 0 Å². The molecule has 0 saturated carbocycles. The van der Waals surface area contributed by atoms with Crippen molar-refractivity contribution in [1.29, 1.82) is 0 Å². The third-order valence-electron chi connectivity index (χ3n) is 1.83. The molecule has 0 radical (unpaired) electrons. The van der Waals surface area contributed by atoms with Crippen LogP contribution in [-0.2, 0) is 4.79 Å². The summed E-state index contributed by atoms with van der Waals surface area (Å²) in [5, 5.41) is 9.29. The van der Waals surface area contributed by atoms with Crippen molar-refractivity contribution in [3.63, 3.8) is 0 Å². The molecular weight excluding hydrogens is 199 g/mol. The fourth-order valence-electron chi connectivity index (χ4n) is 0.553. The summed E-state index contributed by atoms with van der Waals surface area (Å²) in [5.74, 6) is -1.05. The fourth-order valence-corrected chi connectivity index (χ4v) is 0.553. The minimum Gasteiger partial charge on any atom is -0.395 e. The van der Waals surface area contributed by atoms with Crippen molar-refractivity contribution in [2.75, 3.05) is 0 Å². The zero-order valence-corrected chi connectivity index (χ0v) is 7.85. The molecule has 0 fully saturated rings. The van der Waals surface area contributed by atoms with Gasteiger partial charge in [0, 0.05) is 6.08 Å². The summed E-state index contributed by atoms with van der Waals surface area (Å²) in [6, 6.07) is 0. The Morgan fingerprint density at radius 2 is 1.93 bits per heavy atom. The molecule has 0 aromatic carbocycles. The SMILES string of the molecule is CCC(C)(O)C(=O)/C=C(\N)C(F)(F)F. The molecule has 3 nitrogen and oxygen atoms in total. The molecule has 0 aliphatic heterocycles. The molecule has 0 amide bonds. The second-order valence-electron chi connectivity index (χ2n) is 3.09. The zero-order valence-electron chi connectivity index (χ0n) is 7.85. The molecule has 0 aromatic rings. The smallest absolute Gasteiger partial charge is 0.395 e. The summed E-state index contributed by atoms with van der Waals surface area (Å²) in [6.07, 6.45) is -4.50. The molecule has 0 aliphatic carbocycles. The highest BCUT2D eigenvalue weighted by atomic mass is 19.4. The van der Waals surface area contributed by atoms with E-state index in [-0.39, 0.29) is 12.5 Å². The van der Waals surface area contributed by atoms with Crippen LogP contribution in [-0.4, -0.2) is 22.7 Å². The standard InChI is InChI=1S/C8H12F3NO2/c1-3-7(2,14)6(13)4-5(12)8(9,10)11/h4,14H,3,12H2,1-2H3/b5-4-. The number of carbonyl (C=O) groups excluding carboxylic acids is 1. The van der Waals surface area contributed by atoms with Gasteiger partial charge in [0.2, 0.25) is 0 Å². The molecule has 1 unspecified atom stereocenters. The lowest BCUT2D eigenvalue weighted by molar-refractivity contribution is -0.131. The predicted octanol–water partition coefficient (Wildman–Crippen LogP) is 1.12. The predicted molar refractivity (Wildman–Crippen MR) is 44.2 cm³/mol. The summed E-state index contributed by atoms with van der Waals surface area (Å²) < 4.78 is 35.6. The van der Waals surface area contributed by atoms with E-state index in [4.69, 9.17) is 0 Å². The molecule has 3 N–H and O–H groups in total. The van der Waals surface area contributed by atoms with Crippen LogP contribution < -0.4 is 5.73 Å². The fraction of sp³-hybridized carbons (Fsp3) is 0.625. The van der Waals surface area contributed by atoms with Gasteiger partial charge in [-0.2, -0.15) is 13.2 Å². The Morgan fingerprint density at radius 1 is 1.50 bits per heavy atom. The number of carbonyl (C=O) groups is 1. The van der Waals surface area contributed by atoms with E-state index in [1.54, 1.807) is 0 Å². The van der Waals surface area contributed by atoms with E-state index in [9.17, 15) is 23.1 Å². The molecule has 14 heavy (non-hydrogen) atoms. The number of allylic oxidation sites excluding steroid dienone is 1. The average molecular weight is 211 g/mol. The molecule has 1 atom stereocenters. The Hall–Kier alpha value is -1.04. The Bertz CT molecular complexity index is 256. The van der Waals surface area contributed by atoms with Crippen molar-refractivity contribution in [1.82, 2.24) is 0 Å². The Morgan fingerprint density at radius 3 is 2.21 bits per heavy atom. The highest BCUT2D eigenvalue weighted by Gasteiger charge is 2.34. The normalized spacial score (nSPS) is 17.7. The molecule has 0 aliphatic rings. The van der Waals surface area contributed by atoms with Crippen molar-refractivity contribution in [3.05, 3.63) is 11.8 Å². The van der Waals surface area contributed by atoms with Gasteiger partial charge in [-0.1, -0.05) is 6.92 Å². The monoisotopic (exact) mass is 211 g/mol. The van der Waals surface area contributed by atoms with Gasteiger partial charge in [0.05, 0.1) is 0 Å². The Kier molecular flexibility index (Phi) is 3.70. The van der Waals surface area contributed by atoms with E-state index in [0.717, 1.165) is 6.92 Å². The van der Waals surface area contributed by atoms with E-state index < -0.39 is 23.3 Å². The van der Waals surface area contributed by atoms with Crippen molar-refractivity contribution < 1.29 is 23.1 Å². The number of hydrogen-bond donors (Lipinski definition) is 2. The van der Waals surface area contributed by atoms with Crippen LogP contribution in [0.25, 0.3) is 0 Å². The van der Waals surface area contributed by atoms with E-state index in [2.05, 4.69) is 5.73 Å². The number of halogens is 3. The third kappa shape index (κ3) is 3.37. The summed E-state index contributed by atoms with van der Waals surface area (Å²) in [5.41, 5.74) is 1.31. The van der Waals surface area contributed by atoms with Crippen LogP contribution in [0.15, 0.2) is 11.8 Å². The summed E-state index contributed by atoms with van der Waals surface area (Å²) in [4.78, 5) is 11.0. The molecule has 6 heteroatoms. The first-order chi connectivity index (χ1) is 6.11. The highest BCUT2D eigenvalue weighted by Crippen LogP contribution is 2.22. The molecule has 0 rings (SSSR count). The Balaban J connectivity index is 4.77. The minimum atomic E-state index is -4.74. The van der Waals surface area contributed by atoms with E-state index in [0.29, 0.717) is 0 Å². The van der Waals surface area contributed by atoms with Gasteiger partial charge in [-0.15, -0.1) is 0 Å². The third-order valence-corrected chi connectivity index (χ3v) is 1.83. The molecule has 0 heterocycles. The topological polar surface area (TPSA) is 63.3 Å². The lowest BCUT2D eigenvalue weighted by atomic mass is 9.97. The second kappa shape index (κ2) is 4.00. The lowest BCUT2D eigenvalue weighted by Gasteiger charge is -2.17. The minimum absolute atomic E-state index is 0.0213. The van der Waals surface area contributed by atoms with Crippen molar-refractivity contribution in [2.24, 2.45) is 5.73 Å². The van der Waals surface area contributed by atoms with Crippen molar-refractivity contribution in [3.8, 4) is 0 Å². The van der Waals surface area contributed by atoms with Crippen molar-refractivity contribution >= 4 is 5.78 Å². The molecule has 0 aromatic heterocycles. The number of nitrogens with two attached hydrogens (primary N) is 1. The quantitative estimate of drug-likeness (QED) is 0.687. The molecule has 0 saturated heterocycles. The van der Waals surface area contributed by atoms with Gasteiger partial charge in [0.15, 0.2) is 5.78 Å². The van der Waals surface area contributed by atoms with Crippen molar-refractivity contribution in [2.45, 2.75) is 32.0 Å². The molecular formula is C8H12F3NO2. The van der Waals surface area contributed by atoms with E-state index in [1.165, 1.54) is 6.92 Å². The maximum atomic E-state index is 11.9. The van der Waals surface area contributed by atoms with Crippen LogP contribution >= 0.6 is 0 Å². The first-order valence-corrected chi connectivity index (χ1v) is 3.92. The van der Waals surface area contributed by atoms with Gasteiger partial charge in [-0.25, -0.2) is 0 Å². The largest absolute Gasteiger partial charge is 0.430 e. The number of rotatable bonds is 3. The zero-order chi connectivity index (χ0) is 11.6. The van der Waals surface area contributed by atoms with Gasteiger partial charge in [-0.3, -0.25) is 4.79 Å². The number of hydrogen-bond acceptors (Lipinski definition) is 3. The Labute approximate surface area is 79.4 Å². The van der Waals surface area contributed by atoms with Crippen LogP contribution in [0.1, 0.15) is 20.3 Å². The average Bonchev–Trinajstić information content (AvgIpc) is 2.02. The number of alkyl halides is 3. The first-order valence-electron chi connectivity index (χ1n) is 3.92. The molecule has 0 bridgehead atoms. The maximum absolute atomic E-state index is 11.9. The van der Waals surface area contributed by atoms with Crippen LogP contribution in [0.4, 0.5) is 13.2 Å². The number of ketones is 1. The first kappa shape index (κ1) is 13.0.